The number of anilines is 1. The summed E-state index contributed by atoms with van der Waals surface area (Å²) in [5, 5.41) is 0. The van der Waals surface area contributed by atoms with Crippen LogP contribution in [0.4, 0.5) is 5.69 Å². The zero-order valence-electron chi connectivity index (χ0n) is 9.37. The highest BCUT2D eigenvalue weighted by Gasteiger charge is 2.17. The van der Waals surface area contributed by atoms with Crippen molar-refractivity contribution in [1.29, 1.82) is 0 Å². The van der Waals surface area contributed by atoms with Gasteiger partial charge in [0, 0.05) is 5.69 Å². The molecule has 0 unspecified atom stereocenters. The maximum Gasteiger partial charge on any atom is 0.339 e. The first-order valence-electron chi connectivity index (χ1n) is 4.58. The fourth-order valence-electron chi connectivity index (χ4n) is 1.35. The van der Waals surface area contributed by atoms with Crippen molar-refractivity contribution in [2.75, 3.05) is 20.0 Å². The molecule has 86 valence electrons. The molecule has 0 aromatic heterocycles. The van der Waals surface area contributed by atoms with Crippen molar-refractivity contribution >= 4 is 17.6 Å². The van der Waals surface area contributed by atoms with Crippen molar-refractivity contribution in [3.05, 3.63) is 28.8 Å². The standard InChI is InChI=1S/C11H13NO4/c1-6-7(10(13)15-2)4-5-8(9(6)12)11(14)16-3/h4-5H,12H2,1-3H3. The van der Waals surface area contributed by atoms with Gasteiger partial charge in [0.1, 0.15) is 0 Å². The molecule has 2 N–H and O–H groups in total. The van der Waals surface area contributed by atoms with Gasteiger partial charge in [-0.3, -0.25) is 0 Å². The maximum atomic E-state index is 11.3. The maximum absolute atomic E-state index is 11.3. The van der Waals surface area contributed by atoms with Crippen LogP contribution >= 0.6 is 0 Å². The number of nitrogens with two attached hydrogens (primary N) is 1. The monoisotopic (exact) mass is 223 g/mol. The lowest BCUT2D eigenvalue weighted by Gasteiger charge is -2.10. The van der Waals surface area contributed by atoms with Crippen LogP contribution in [-0.2, 0) is 9.47 Å². The molecule has 1 rings (SSSR count). The molecular formula is C11H13NO4. The summed E-state index contributed by atoms with van der Waals surface area (Å²) in [6.07, 6.45) is 0. The fraction of sp³-hybridized carbons (Fsp3) is 0.273. The second-order valence-electron chi connectivity index (χ2n) is 3.18. The van der Waals surface area contributed by atoms with Crippen molar-refractivity contribution in [3.8, 4) is 0 Å². The molecule has 16 heavy (non-hydrogen) atoms. The van der Waals surface area contributed by atoms with Crippen LogP contribution < -0.4 is 5.73 Å². The molecule has 1 aromatic carbocycles. The Hall–Kier alpha value is -2.04. The molecule has 0 radical (unpaired) electrons. The van der Waals surface area contributed by atoms with Gasteiger partial charge >= 0.3 is 11.9 Å². The van der Waals surface area contributed by atoms with E-state index in [-0.39, 0.29) is 11.3 Å². The molecule has 0 aliphatic carbocycles. The topological polar surface area (TPSA) is 78.6 Å². The predicted molar refractivity (Wildman–Crippen MR) is 58.3 cm³/mol. The molecule has 1 aromatic rings. The largest absolute Gasteiger partial charge is 0.465 e. The summed E-state index contributed by atoms with van der Waals surface area (Å²) in [5.74, 6) is -1.02. The number of nitrogen functional groups attached to an aromatic ring is 1. The van der Waals surface area contributed by atoms with Crippen molar-refractivity contribution in [2.24, 2.45) is 0 Å². The molecule has 0 aliphatic heterocycles. The number of methoxy groups -OCH3 is 2. The highest BCUT2D eigenvalue weighted by molar-refractivity contribution is 6.00. The van der Waals surface area contributed by atoms with E-state index < -0.39 is 11.9 Å². The zero-order valence-corrected chi connectivity index (χ0v) is 9.37. The minimum atomic E-state index is -0.531. The Balaban J connectivity index is 3.28. The van der Waals surface area contributed by atoms with Gasteiger partial charge in [-0.15, -0.1) is 0 Å². The Morgan fingerprint density at radius 1 is 1.06 bits per heavy atom. The van der Waals surface area contributed by atoms with E-state index in [1.54, 1.807) is 6.92 Å². The van der Waals surface area contributed by atoms with E-state index in [0.29, 0.717) is 11.1 Å². The highest BCUT2D eigenvalue weighted by Crippen LogP contribution is 2.22. The molecule has 0 atom stereocenters. The summed E-state index contributed by atoms with van der Waals surface area (Å²) in [6.45, 7) is 1.65. The summed E-state index contributed by atoms with van der Waals surface area (Å²) in [4.78, 5) is 22.7. The Kier molecular flexibility index (Phi) is 3.50. The molecule has 0 saturated carbocycles. The molecule has 0 fully saturated rings. The van der Waals surface area contributed by atoms with E-state index in [9.17, 15) is 9.59 Å². The second-order valence-corrected chi connectivity index (χ2v) is 3.18. The van der Waals surface area contributed by atoms with Gasteiger partial charge in [0.15, 0.2) is 0 Å². The summed E-state index contributed by atoms with van der Waals surface area (Å²) >= 11 is 0. The molecule has 0 spiro atoms. The summed E-state index contributed by atoms with van der Waals surface area (Å²) in [7, 11) is 2.55. The zero-order chi connectivity index (χ0) is 12.3. The Morgan fingerprint density at radius 3 is 2.00 bits per heavy atom. The first kappa shape index (κ1) is 12.0. The summed E-state index contributed by atoms with van der Waals surface area (Å²) < 4.78 is 9.15. The number of esters is 2. The van der Waals surface area contributed by atoms with Crippen LogP contribution in [0.25, 0.3) is 0 Å². The number of benzene rings is 1. The number of carbonyl (C=O) groups is 2. The van der Waals surface area contributed by atoms with Crippen LogP contribution in [0.2, 0.25) is 0 Å². The normalized spacial score (nSPS) is 9.69. The van der Waals surface area contributed by atoms with E-state index in [4.69, 9.17) is 5.73 Å². The minimum absolute atomic E-state index is 0.231. The van der Waals surface area contributed by atoms with E-state index in [0.717, 1.165) is 0 Å². The number of carbonyl (C=O) groups excluding carboxylic acids is 2. The lowest BCUT2D eigenvalue weighted by molar-refractivity contribution is 0.0587. The summed E-state index contributed by atoms with van der Waals surface area (Å²) in [5.41, 5.74) is 7.07. The van der Waals surface area contributed by atoms with Crippen LogP contribution in [0.15, 0.2) is 12.1 Å². The van der Waals surface area contributed by atoms with Crippen LogP contribution in [0.1, 0.15) is 26.3 Å². The van der Waals surface area contributed by atoms with Gasteiger partial charge in [-0.25, -0.2) is 9.59 Å². The van der Waals surface area contributed by atoms with E-state index in [1.165, 1.54) is 26.4 Å². The molecule has 0 heterocycles. The third-order valence-corrected chi connectivity index (χ3v) is 2.33. The predicted octanol–water partition coefficient (Wildman–Crippen LogP) is 1.15. The first-order chi connectivity index (χ1) is 7.52. The molecule has 0 saturated heterocycles. The van der Waals surface area contributed by atoms with Crippen molar-refractivity contribution < 1.29 is 19.1 Å². The van der Waals surface area contributed by atoms with Crippen LogP contribution in [0.5, 0.6) is 0 Å². The smallest absolute Gasteiger partial charge is 0.339 e. The van der Waals surface area contributed by atoms with Crippen molar-refractivity contribution in [2.45, 2.75) is 6.92 Å². The highest BCUT2D eigenvalue weighted by atomic mass is 16.5. The van der Waals surface area contributed by atoms with Crippen molar-refractivity contribution in [3.63, 3.8) is 0 Å². The SMILES string of the molecule is COC(=O)c1ccc(C(=O)OC)c(N)c1C. The Labute approximate surface area is 93.1 Å². The van der Waals surface area contributed by atoms with Gasteiger partial charge in [-0.1, -0.05) is 0 Å². The number of ether oxygens (including phenoxy) is 2. The lowest BCUT2D eigenvalue weighted by atomic mass is 10.0. The van der Waals surface area contributed by atoms with Crippen LogP contribution in [0, 0.1) is 6.92 Å². The summed E-state index contributed by atoms with van der Waals surface area (Å²) in [6, 6.07) is 2.93. The minimum Gasteiger partial charge on any atom is -0.465 e. The molecule has 0 amide bonds. The third-order valence-electron chi connectivity index (χ3n) is 2.33. The average Bonchev–Trinajstić information content (AvgIpc) is 2.30. The lowest BCUT2D eigenvalue weighted by Crippen LogP contribution is -2.11. The molecular weight excluding hydrogens is 210 g/mol. The average molecular weight is 223 g/mol. The molecule has 5 nitrogen and oxygen atoms in total. The van der Waals surface area contributed by atoms with E-state index in [1.807, 2.05) is 0 Å². The number of hydrogen-bond acceptors (Lipinski definition) is 5. The van der Waals surface area contributed by atoms with Crippen LogP contribution in [-0.4, -0.2) is 26.2 Å². The van der Waals surface area contributed by atoms with Gasteiger partial charge in [0.05, 0.1) is 25.3 Å². The van der Waals surface area contributed by atoms with Gasteiger partial charge in [-0.05, 0) is 24.6 Å². The Bertz CT molecular complexity index is 399. The molecule has 0 bridgehead atoms. The second kappa shape index (κ2) is 4.65. The van der Waals surface area contributed by atoms with Crippen LogP contribution in [0.3, 0.4) is 0 Å². The van der Waals surface area contributed by atoms with Gasteiger partial charge in [0.25, 0.3) is 0 Å². The van der Waals surface area contributed by atoms with Gasteiger partial charge < -0.3 is 15.2 Å². The number of rotatable bonds is 2. The van der Waals surface area contributed by atoms with Crippen molar-refractivity contribution in [1.82, 2.24) is 0 Å². The first-order valence-corrected chi connectivity index (χ1v) is 4.58. The molecule has 0 aliphatic rings. The van der Waals surface area contributed by atoms with Gasteiger partial charge in [0.2, 0.25) is 0 Å². The van der Waals surface area contributed by atoms with E-state index >= 15 is 0 Å². The number of hydrogen-bond donors (Lipinski definition) is 1. The quantitative estimate of drug-likeness (QED) is 0.601. The third kappa shape index (κ3) is 1.98. The van der Waals surface area contributed by atoms with E-state index in [2.05, 4.69) is 9.47 Å². The van der Waals surface area contributed by atoms with Gasteiger partial charge in [-0.2, -0.15) is 0 Å². The fourth-order valence-corrected chi connectivity index (χ4v) is 1.35. The Morgan fingerprint density at radius 2 is 1.50 bits per heavy atom. The molecule has 5 heteroatoms.